The fraction of sp³-hybridized carbons (Fsp3) is 0.188. The van der Waals surface area contributed by atoms with Crippen LogP contribution in [0.25, 0.3) is 11.4 Å². The first-order valence-electron chi connectivity index (χ1n) is 6.62. The predicted octanol–water partition coefficient (Wildman–Crippen LogP) is 2.27. The van der Waals surface area contributed by atoms with Crippen molar-refractivity contribution in [2.75, 3.05) is 6.61 Å². The molecule has 21 heavy (non-hydrogen) atoms. The minimum absolute atomic E-state index is 0.0709. The zero-order chi connectivity index (χ0) is 15.2. The highest BCUT2D eigenvalue weighted by Gasteiger charge is 2.17. The predicted molar refractivity (Wildman–Crippen MR) is 80.1 cm³/mol. The quantitative estimate of drug-likeness (QED) is 0.624. The number of rotatable bonds is 5. The highest BCUT2D eigenvalue weighted by atomic mass is 16.5. The van der Waals surface area contributed by atoms with E-state index in [0.29, 0.717) is 5.82 Å². The fourth-order valence-corrected chi connectivity index (χ4v) is 1.96. The molecule has 2 aromatic rings. The van der Waals surface area contributed by atoms with E-state index in [1.807, 2.05) is 30.3 Å². The van der Waals surface area contributed by atoms with E-state index >= 15 is 0 Å². The Balaban J connectivity index is 2.59. The molecular formula is C16H16N2O3. The molecule has 0 saturated heterocycles. The Hall–Kier alpha value is -2.69. The summed E-state index contributed by atoms with van der Waals surface area (Å²) in [5, 5.41) is 0. The zero-order valence-electron chi connectivity index (χ0n) is 11.8. The Morgan fingerprint density at radius 2 is 2.10 bits per heavy atom. The highest BCUT2D eigenvalue weighted by Crippen LogP contribution is 2.15. The largest absolute Gasteiger partial charge is 0.462 e. The molecule has 0 amide bonds. The van der Waals surface area contributed by atoms with Crippen molar-refractivity contribution >= 4 is 5.97 Å². The molecule has 0 radical (unpaired) electrons. The molecular weight excluding hydrogens is 268 g/mol. The van der Waals surface area contributed by atoms with Crippen molar-refractivity contribution in [3.05, 3.63) is 65.1 Å². The van der Waals surface area contributed by atoms with E-state index in [0.717, 1.165) is 5.56 Å². The lowest BCUT2D eigenvalue weighted by molar-refractivity contribution is 0.0523. The van der Waals surface area contributed by atoms with E-state index in [1.165, 1.54) is 10.8 Å². The molecule has 1 aromatic carbocycles. The summed E-state index contributed by atoms with van der Waals surface area (Å²) in [6, 6.07) is 9.31. The molecule has 0 saturated carbocycles. The third kappa shape index (κ3) is 3.08. The van der Waals surface area contributed by atoms with E-state index in [2.05, 4.69) is 11.6 Å². The van der Waals surface area contributed by atoms with Crippen molar-refractivity contribution in [1.82, 2.24) is 9.55 Å². The maximum atomic E-state index is 12.4. The Kier molecular flexibility index (Phi) is 4.66. The Morgan fingerprint density at radius 1 is 1.38 bits per heavy atom. The molecule has 0 atom stereocenters. The molecule has 5 nitrogen and oxygen atoms in total. The van der Waals surface area contributed by atoms with E-state index in [-0.39, 0.29) is 18.7 Å². The number of hydrogen-bond acceptors (Lipinski definition) is 4. The van der Waals surface area contributed by atoms with Crippen LogP contribution in [0.1, 0.15) is 17.3 Å². The van der Waals surface area contributed by atoms with Gasteiger partial charge in [-0.1, -0.05) is 36.4 Å². The van der Waals surface area contributed by atoms with Crippen molar-refractivity contribution < 1.29 is 9.53 Å². The van der Waals surface area contributed by atoms with Gasteiger partial charge in [0.2, 0.25) is 0 Å². The number of allylic oxidation sites excluding steroid dienone is 1. The van der Waals surface area contributed by atoms with Crippen LogP contribution in [0, 0.1) is 0 Å². The SMILES string of the molecule is C=CCn1c(-c2ccccc2)ncc(C(=O)OCC)c1=O. The van der Waals surface area contributed by atoms with E-state index in [4.69, 9.17) is 4.74 Å². The number of carbonyl (C=O) groups is 1. The maximum Gasteiger partial charge on any atom is 0.345 e. The van der Waals surface area contributed by atoms with Gasteiger partial charge in [-0.3, -0.25) is 9.36 Å². The molecule has 0 fully saturated rings. The summed E-state index contributed by atoms with van der Waals surface area (Å²) in [6.07, 6.45) is 2.85. The summed E-state index contributed by atoms with van der Waals surface area (Å²) >= 11 is 0. The number of carbonyl (C=O) groups excluding carboxylic acids is 1. The summed E-state index contributed by atoms with van der Waals surface area (Å²) in [6.45, 7) is 5.80. The highest BCUT2D eigenvalue weighted by molar-refractivity contribution is 5.88. The molecule has 0 spiro atoms. The van der Waals surface area contributed by atoms with Gasteiger partial charge in [-0.05, 0) is 6.92 Å². The summed E-state index contributed by atoms with van der Waals surface area (Å²) in [5.41, 5.74) is 0.299. The molecule has 0 aliphatic heterocycles. The van der Waals surface area contributed by atoms with Gasteiger partial charge in [-0.2, -0.15) is 0 Å². The standard InChI is InChI=1S/C16H16N2O3/c1-3-10-18-14(12-8-6-5-7-9-12)17-11-13(15(18)19)16(20)21-4-2/h3,5-9,11H,1,4,10H2,2H3. The van der Waals surface area contributed by atoms with Crippen LogP contribution in [-0.2, 0) is 11.3 Å². The van der Waals surface area contributed by atoms with Crippen LogP contribution in [-0.4, -0.2) is 22.1 Å². The smallest absolute Gasteiger partial charge is 0.345 e. The van der Waals surface area contributed by atoms with Gasteiger partial charge in [-0.25, -0.2) is 9.78 Å². The summed E-state index contributed by atoms with van der Waals surface area (Å²) in [5.74, 6) is -0.166. The minimum atomic E-state index is -0.660. The molecule has 0 aliphatic carbocycles. The molecule has 0 unspecified atom stereocenters. The van der Waals surface area contributed by atoms with Gasteiger partial charge in [-0.15, -0.1) is 6.58 Å². The summed E-state index contributed by atoms with van der Waals surface area (Å²) in [7, 11) is 0. The van der Waals surface area contributed by atoms with Gasteiger partial charge in [0.05, 0.1) is 6.61 Å². The lowest BCUT2D eigenvalue weighted by Gasteiger charge is -2.11. The van der Waals surface area contributed by atoms with Gasteiger partial charge >= 0.3 is 5.97 Å². The Morgan fingerprint density at radius 3 is 2.71 bits per heavy atom. The number of nitrogens with zero attached hydrogens (tertiary/aromatic N) is 2. The van der Waals surface area contributed by atoms with Crippen molar-refractivity contribution in [2.24, 2.45) is 0 Å². The van der Waals surface area contributed by atoms with E-state index in [9.17, 15) is 9.59 Å². The molecule has 108 valence electrons. The number of esters is 1. The van der Waals surface area contributed by atoms with Gasteiger partial charge in [0.1, 0.15) is 11.4 Å². The maximum absolute atomic E-state index is 12.4. The lowest BCUT2D eigenvalue weighted by atomic mass is 10.2. The first-order chi connectivity index (χ1) is 10.2. The third-order valence-electron chi connectivity index (χ3n) is 2.89. The van der Waals surface area contributed by atoms with Crippen molar-refractivity contribution in [3.8, 4) is 11.4 Å². The summed E-state index contributed by atoms with van der Waals surface area (Å²) in [4.78, 5) is 28.5. The zero-order valence-corrected chi connectivity index (χ0v) is 11.8. The monoisotopic (exact) mass is 284 g/mol. The number of ether oxygens (including phenoxy) is 1. The normalized spacial score (nSPS) is 10.1. The second-order valence-electron chi connectivity index (χ2n) is 4.29. The fourth-order valence-electron chi connectivity index (χ4n) is 1.96. The molecule has 0 bridgehead atoms. The molecule has 0 N–H and O–H groups in total. The van der Waals surface area contributed by atoms with Crippen LogP contribution in [0.5, 0.6) is 0 Å². The van der Waals surface area contributed by atoms with Crippen LogP contribution < -0.4 is 5.56 Å². The average molecular weight is 284 g/mol. The van der Waals surface area contributed by atoms with Crippen LogP contribution in [0.3, 0.4) is 0 Å². The van der Waals surface area contributed by atoms with Crippen molar-refractivity contribution in [2.45, 2.75) is 13.5 Å². The molecule has 2 rings (SSSR count). The van der Waals surface area contributed by atoms with Crippen LogP contribution in [0.15, 0.2) is 54.0 Å². The molecule has 5 heteroatoms. The molecule has 0 aliphatic rings. The second kappa shape index (κ2) is 6.65. The third-order valence-corrected chi connectivity index (χ3v) is 2.89. The number of benzene rings is 1. The molecule has 1 heterocycles. The minimum Gasteiger partial charge on any atom is -0.462 e. The van der Waals surface area contributed by atoms with Gasteiger partial charge in [0, 0.05) is 18.3 Å². The Labute approximate surface area is 122 Å². The topological polar surface area (TPSA) is 61.2 Å². The molecule has 1 aromatic heterocycles. The average Bonchev–Trinajstić information content (AvgIpc) is 2.50. The van der Waals surface area contributed by atoms with E-state index < -0.39 is 11.5 Å². The first kappa shape index (κ1) is 14.7. The van der Waals surface area contributed by atoms with Crippen molar-refractivity contribution in [3.63, 3.8) is 0 Å². The number of aromatic nitrogens is 2. The summed E-state index contributed by atoms with van der Waals surface area (Å²) < 4.78 is 6.28. The van der Waals surface area contributed by atoms with Crippen LogP contribution in [0.4, 0.5) is 0 Å². The number of hydrogen-bond donors (Lipinski definition) is 0. The second-order valence-corrected chi connectivity index (χ2v) is 4.29. The lowest BCUT2D eigenvalue weighted by Crippen LogP contribution is -2.29. The van der Waals surface area contributed by atoms with Gasteiger partial charge < -0.3 is 4.74 Å². The van der Waals surface area contributed by atoms with Crippen LogP contribution >= 0.6 is 0 Å². The van der Waals surface area contributed by atoms with Crippen LogP contribution in [0.2, 0.25) is 0 Å². The first-order valence-corrected chi connectivity index (χ1v) is 6.62. The van der Waals surface area contributed by atoms with Gasteiger partial charge in [0.25, 0.3) is 5.56 Å². The van der Waals surface area contributed by atoms with E-state index in [1.54, 1.807) is 13.0 Å². The van der Waals surface area contributed by atoms with Crippen molar-refractivity contribution in [1.29, 1.82) is 0 Å². The Bertz CT molecular complexity index is 705. The van der Waals surface area contributed by atoms with Gasteiger partial charge in [0.15, 0.2) is 0 Å².